The molecule has 0 saturated heterocycles. The summed E-state index contributed by atoms with van der Waals surface area (Å²) in [6.07, 6.45) is 0. The third kappa shape index (κ3) is 4.49. The van der Waals surface area contributed by atoms with Gasteiger partial charge < -0.3 is 20.1 Å². The van der Waals surface area contributed by atoms with Crippen LogP contribution in [0.1, 0.15) is 17.3 Å². The number of ketones is 1. The maximum Gasteiger partial charge on any atom is 0.243 e. The van der Waals surface area contributed by atoms with Gasteiger partial charge in [-0.3, -0.25) is 9.59 Å². The third-order valence-corrected chi connectivity index (χ3v) is 3.42. The van der Waals surface area contributed by atoms with E-state index in [1.54, 1.807) is 56.7 Å². The maximum absolute atomic E-state index is 12.0. The van der Waals surface area contributed by atoms with Crippen molar-refractivity contribution >= 4 is 23.1 Å². The minimum absolute atomic E-state index is 0.0128. The molecule has 0 unspecified atom stereocenters. The Morgan fingerprint density at radius 2 is 1.71 bits per heavy atom. The lowest BCUT2D eigenvalue weighted by molar-refractivity contribution is -0.114. The van der Waals surface area contributed by atoms with Gasteiger partial charge in [-0.1, -0.05) is 0 Å². The zero-order valence-corrected chi connectivity index (χ0v) is 13.9. The Labute approximate surface area is 140 Å². The molecule has 0 aliphatic heterocycles. The first-order valence-corrected chi connectivity index (χ1v) is 7.40. The third-order valence-electron chi connectivity index (χ3n) is 3.42. The van der Waals surface area contributed by atoms with Crippen LogP contribution in [0.15, 0.2) is 42.5 Å². The fraction of sp³-hybridized carbons (Fsp3) is 0.222. The van der Waals surface area contributed by atoms with Gasteiger partial charge in [0.2, 0.25) is 5.91 Å². The SMILES string of the molecule is COc1ccc(NCC(=O)Nc2ccc(C(C)=O)cc2)c(OC)c1. The lowest BCUT2D eigenvalue weighted by Crippen LogP contribution is -2.22. The van der Waals surface area contributed by atoms with Crippen LogP contribution in [0.25, 0.3) is 0 Å². The van der Waals surface area contributed by atoms with Crippen molar-refractivity contribution in [2.45, 2.75) is 6.92 Å². The average Bonchev–Trinajstić information content (AvgIpc) is 2.60. The van der Waals surface area contributed by atoms with E-state index in [4.69, 9.17) is 9.47 Å². The Kier molecular flexibility index (Phi) is 5.78. The highest BCUT2D eigenvalue weighted by molar-refractivity contribution is 5.96. The maximum atomic E-state index is 12.0. The van der Waals surface area contributed by atoms with E-state index in [0.717, 1.165) is 0 Å². The van der Waals surface area contributed by atoms with Gasteiger partial charge in [0.25, 0.3) is 0 Å². The van der Waals surface area contributed by atoms with Crippen molar-refractivity contribution in [1.82, 2.24) is 0 Å². The number of Topliss-reactive ketones (excluding diaryl/α,β-unsaturated/α-hetero) is 1. The topological polar surface area (TPSA) is 76.7 Å². The molecule has 0 bridgehead atoms. The van der Waals surface area contributed by atoms with Gasteiger partial charge in [-0.25, -0.2) is 0 Å². The predicted molar refractivity (Wildman–Crippen MR) is 93.1 cm³/mol. The van der Waals surface area contributed by atoms with E-state index in [0.29, 0.717) is 28.4 Å². The van der Waals surface area contributed by atoms with Crippen LogP contribution < -0.4 is 20.1 Å². The summed E-state index contributed by atoms with van der Waals surface area (Å²) >= 11 is 0. The molecule has 1 amide bonds. The summed E-state index contributed by atoms with van der Waals surface area (Å²) in [5, 5.41) is 5.78. The molecule has 24 heavy (non-hydrogen) atoms. The van der Waals surface area contributed by atoms with Crippen molar-refractivity contribution in [3.63, 3.8) is 0 Å². The number of amides is 1. The van der Waals surface area contributed by atoms with Crippen LogP contribution in [0.5, 0.6) is 11.5 Å². The molecule has 6 nitrogen and oxygen atoms in total. The molecule has 0 heterocycles. The molecule has 2 aromatic rings. The number of methoxy groups -OCH3 is 2. The summed E-state index contributed by atoms with van der Waals surface area (Å²) < 4.78 is 10.4. The molecule has 2 aromatic carbocycles. The number of carbonyl (C=O) groups excluding carboxylic acids is 2. The number of rotatable bonds is 7. The zero-order chi connectivity index (χ0) is 17.5. The molecule has 0 atom stereocenters. The fourth-order valence-corrected chi connectivity index (χ4v) is 2.11. The number of ether oxygens (including phenoxy) is 2. The molecule has 2 rings (SSSR count). The highest BCUT2D eigenvalue weighted by Gasteiger charge is 2.08. The molecule has 0 radical (unpaired) electrons. The molecule has 0 aromatic heterocycles. The van der Waals surface area contributed by atoms with Crippen molar-refractivity contribution in [2.24, 2.45) is 0 Å². The number of hydrogen-bond donors (Lipinski definition) is 2. The van der Waals surface area contributed by atoms with Gasteiger partial charge in [-0.2, -0.15) is 0 Å². The second-order valence-electron chi connectivity index (χ2n) is 5.10. The summed E-state index contributed by atoms with van der Waals surface area (Å²) in [7, 11) is 3.13. The van der Waals surface area contributed by atoms with Gasteiger partial charge >= 0.3 is 0 Å². The van der Waals surface area contributed by atoms with Crippen LogP contribution in [0.2, 0.25) is 0 Å². The largest absolute Gasteiger partial charge is 0.497 e. The van der Waals surface area contributed by atoms with Crippen LogP contribution in [-0.4, -0.2) is 32.5 Å². The van der Waals surface area contributed by atoms with E-state index < -0.39 is 0 Å². The van der Waals surface area contributed by atoms with Crippen LogP contribution >= 0.6 is 0 Å². The molecule has 2 N–H and O–H groups in total. The van der Waals surface area contributed by atoms with E-state index in [2.05, 4.69) is 10.6 Å². The quantitative estimate of drug-likeness (QED) is 0.764. The summed E-state index contributed by atoms with van der Waals surface area (Å²) in [6, 6.07) is 12.1. The Bertz CT molecular complexity index is 726. The number of benzene rings is 2. The van der Waals surface area contributed by atoms with Crippen molar-refractivity contribution < 1.29 is 19.1 Å². The predicted octanol–water partition coefficient (Wildman–Crippen LogP) is 2.96. The minimum atomic E-state index is -0.205. The summed E-state index contributed by atoms with van der Waals surface area (Å²) in [6.45, 7) is 1.58. The van der Waals surface area contributed by atoms with Crippen molar-refractivity contribution in [3.05, 3.63) is 48.0 Å². The first kappa shape index (κ1) is 17.3. The smallest absolute Gasteiger partial charge is 0.243 e. The van der Waals surface area contributed by atoms with Gasteiger partial charge in [-0.05, 0) is 43.3 Å². The average molecular weight is 328 g/mol. The number of carbonyl (C=O) groups is 2. The lowest BCUT2D eigenvalue weighted by atomic mass is 10.1. The van der Waals surface area contributed by atoms with Gasteiger partial charge in [-0.15, -0.1) is 0 Å². The van der Waals surface area contributed by atoms with Gasteiger partial charge in [0.05, 0.1) is 26.5 Å². The normalized spacial score (nSPS) is 9.96. The van der Waals surface area contributed by atoms with E-state index in [1.807, 2.05) is 0 Å². The van der Waals surface area contributed by atoms with Gasteiger partial charge in [0.1, 0.15) is 11.5 Å². The first-order valence-electron chi connectivity index (χ1n) is 7.40. The summed E-state index contributed by atoms with van der Waals surface area (Å²) in [5.41, 5.74) is 1.93. The van der Waals surface area contributed by atoms with Crippen molar-refractivity contribution in [2.75, 3.05) is 31.4 Å². The molecule has 0 aliphatic rings. The molecule has 6 heteroatoms. The Morgan fingerprint density at radius 1 is 1.00 bits per heavy atom. The van der Waals surface area contributed by atoms with E-state index in [9.17, 15) is 9.59 Å². The van der Waals surface area contributed by atoms with Crippen molar-refractivity contribution in [1.29, 1.82) is 0 Å². The summed E-state index contributed by atoms with van der Waals surface area (Å²) in [4.78, 5) is 23.2. The highest BCUT2D eigenvalue weighted by atomic mass is 16.5. The minimum Gasteiger partial charge on any atom is -0.497 e. The number of hydrogen-bond acceptors (Lipinski definition) is 5. The summed E-state index contributed by atoms with van der Waals surface area (Å²) in [5.74, 6) is 1.05. The molecule has 126 valence electrons. The van der Waals surface area contributed by atoms with Gasteiger partial charge in [0.15, 0.2) is 5.78 Å². The molecule has 0 aliphatic carbocycles. The fourth-order valence-electron chi connectivity index (χ4n) is 2.11. The van der Waals surface area contributed by atoms with Crippen LogP contribution in [-0.2, 0) is 4.79 Å². The number of nitrogens with one attached hydrogen (secondary N) is 2. The molecule has 0 fully saturated rings. The van der Waals surface area contributed by atoms with Gasteiger partial charge in [0, 0.05) is 17.3 Å². The molecular formula is C18H20N2O4. The lowest BCUT2D eigenvalue weighted by Gasteiger charge is -2.12. The van der Waals surface area contributed by atoms with E-state index >= 15 is 0 Å². The second-order valence-corrected chi connectivity index (χ2v) is 5.10. The monoisotopic (exact) mass is 328 g/mol. The Balaban J connectivity index is 1.94. The highest BCUT2D eigenvalue weighted by Crippen LogP contribution is 2.28. The molecular weight excluding hydrogens is 308 g/mol. The standard InChI is InChI=1S/C18H20N2O4/c1-12(21)13-4-6-14(7-5-13)20-18(22)11-19-16-9-8-15(23-2)10-17(16)24-3/h4-10,19H,11H2,1-3H3,(H,20,22). The first-order chi connectivity index (χ1) is 11.5. The second kappa shape index (κ2) is 8.01. The van der Waals surface area contributed by atoms with E-state index in [1.165, 1.54) is 6.92 Å². The van der Waals surface area contributed by atoms with Crippen LogP contribution in [0.4, 0.5) is 11.4 Å². The Morgan fingerprint density at radius 3 is 2.29 bits per heavy atom. The molecule has 0 saturated carbocycles. The Hall–Kier alpha value is -3.02. The zero-order valence-electron chi connectivity index (χ0n) is 13.9. The van der Waals surface area contributed by atoms with Crippen LogP contribution in [0.3, 0.4) is 0 Å². The van der Waals surface area contributed by atoms with Crippen LogP contribution in [0, 0.1) is 0 Å². The number of anilines is 2. The van der Waals surface area contributed by atoms with Crippen molar-refractivity contribution in [3.8, 4) is 11.5 Å². The van der Waals surface area contributed by atoms with E-state index in [-0.39, 0.29) is 18.2 Å². The molecule has 0 spiro atoms.